The Hall–Kier alpha value is -1.35. The standard InChI is InChI=1S/C17H27NO2/c1-12-8-14(17(3,4)5)9-13(2)15(12)10-18(6)11-16(19)20-7/h8-9H,10-11H2,1-7H3. The quantitative estimate of drug-likeness (QED) is 0.792. The molecule has 1 aromatic rings. The first-order chi connectivity index (χ1) is 9.15. The molecule has 0 aromatic heterocycles. The Labute approximate surface area is 122 Å². The molecular formula is C17H27NO2. The summed E-state index contributed by atoms with van der Waals surface area (Å²) in [5.74, 6) is -0.200. The molecule has 0 saturated carbocycles. The molecule has 3 heteroatoms. The van der Waals surface area contributed by atoms with Gasteiger partial charge in [-0.15, -0.1) is 0 Å². The minimum Gasteiger partial charge on any atom is -0.468 e. The number of hydrogen-bond donors (Lipinski definition) is 0. The number of rotatable bonds is 4. The van der Waals surface area contributed by atoms with Crippen LogP contribution in [0.1, 0.15) is 43.0 Å². The maximum absolute atomic E-state index is 11.3. The lowest BCUT2D eigenvalue weighted by molar-refractivity contribution is -0.141. The monoisotopic (exact) mass is 277 g/mol. The molecule has 0 bridgehead atoms. The average Bonchev–Trinajstić information content (AvgIpc) is 2.32. The van der Waals surface area contributed by atoms with E-state index in [0.29, 0.717) is 6.54 Å². The highest BCUT2D eigenvalue weighted by Gasteiger charge is 2.17. The second-order valence-electron chi connectivity index (χ2n) is 6.59. The van der Waals surface area contributed by atoms with Gasteiger partial charge in [-0.2, -0.15) is 0 Å². The molecule has 0 heterocycles. The first-order valence-electron chi connectivity index (χ1n) is 7.01. The molecule has 1 aromatic carbocycles. The van der Waals surface area contributed by atoms with Crippen molar-refractivity contribution in [2.45, 2.75) is 46.6 Å². The predicted octanol–water partition coefficient (Wildman–Crippen LogP) is 3.21. The van der Waals surface area contributed by atoms with Crippen molar-refractivity contribution in [3.63, 3.8) is 0 Å². The predicted molar refractivity (Wildman–Crippen MR) is 83.0 cm³/mol. The van der Waals surface area contributed by atoms with Crippen LogP contribution in [0.5, 0.6) is 0 Å². The number of ether oxygens (including phenoxy) is 1. The molecule has 0 aliphatic carbocycles. The Morgan fingerprint density at radius 2 is 1.70 bits per heavy atom. The number of methoxy groups -OCH3 is 1. The lowest BCUT2D eigenvalue weighted by atomic mass is 9.84. The SMILES string of the molecule is COC(=O)CN(C)Cc1c(C)cc(C(C)(C)C)cc1C. The van der Waals surface area contributed by atoms with Crippen LogP contribution in [0.15, 0.2) is 12.1 Å². The summed E-state index contributed by atoms with van der Waals surface area (Å²) in [5, 5.41) is 0. The van der Waals surface area contributed by atoms with E-state index < -0.39 is 0 Å². The van der Waals surface area contributed by atoms with Crippen molar-refractivity contribution in [1.29, 1.82) is 0 Å². The Bertz CT molecular complexity index is 463. The van der Waals surface area contributed by atoms with Gasteiger partial charge in [0.2, 0.25) is 0 Å². The first kappa shape index (κ1) is 16.7. The molecule has 3 nitrogen and oxygen atoms in total. The largest absolute Gasteiger partial charge is 0.468 e. The second kappa shape index (κ2) is 6.40. The molecule has 20 heavy (non-hydrogen) atoms. The number of likely N-dealkylation sites (N-methyl/N-ethyl adjacent to an activating group) is 1. The molecule has 0 fully saturated rings. The number of hydrogen-bond acceptors (Lipinski definition) is 3. The number of benzene rings is 1. The van der Waals surface area contributed by atoms with E-state index in [1.165, 1.54) is 29.4 Å². The Morgan fingerprint density at radius 1 is 1.20 bits per heavy atom. The molecule has 0 aliphatic heterocycles. The van der Waals surface area contributed by atoms with Crippen molar-refractivity contribution < 1.29 is 9.53 Å². The minimum absolute atomic E-state index is 0.159. The third-order valence-corrected chi connectivity index (χ3v) is 3.62. The molecule has 0 N–H and O–H groups in total. The van der Waals surface area contributed by atoms with Crippen molar-refractivity contribution in [2.75, 3.05) is 20.7 Å². The highest BCUT2D eigenvalue weighted by atomic mass is 16.5. The third-order valence-electron chi connectivity index (χ3n) is 3.62. The van der Waals surface area contributed by atoms with E-state index >= 15 is 0 Å². The second-order valence-corrected chi connectivity index (χ2v) is 6.59. The summed E-state index contributed by atoms with van der Waals surface area (Å²) >= 11 is 0. The van der Waals surface area contributed by atoms with Gasteiger partial charge in [0.25, 0.3) is 0 Å². The van der Waals surface area contributed by atoms with Gasteiger partial charge in [0.15, 0.2) is 0 Å². The molecule has 0 amide bonds. The summed E-state index contributed by atoms with van der Waals surface area (Å²) in [6.45, 7) is 12.0. The van der Waals surface area contributed by atoms with Crippen LogP contribution in [0.2, 0.25) is 0 Å². The van der Waals surface area contributed by atoms with Gasteiger partial charge in [0.05, 0.1) is 13.7 Å². The fourth-order valence-electron chi connectivity index (χ4n) is 2.29. The molecule has 112 valence electrons. The molecule has 1 rings (SSSR count). The van der Waals surface area contributed by atoms with Crippen LogP contribution >= 0.6 is 0 Å². The van der Waals surface area contributed by atoms with Gasteiger partial charge in [0, 0.05) is 6.54 Å². The van der Waals surface area contributed by atoms with Gasteiger partial charge in [-0.3, -0.25) is 9.69 Å². The van der Waals surface area contributed by atoms with Gasteiger partial charge >= 0.3 is 5.97 Å². The maximum atomic E-state index is 11.3. The number of carbonyl (C=O) groups is 1. The van der Waals surface area contributed by atoms with Gasteiger partial charge in [-0.05, 0) is 48.6 Å². The Kier molecular flexibility index (Phi) is 5.35. The zero-order chi connectivity index (χ0) is 15.5. The average molecular weight is 277 g/mol. The highest BCUT2D eigenvalue weighted by molar-refractivity contribution is 5.71. The number of aryl methyl sites for hydroxylation is 2. The highest BCUT2D eigenvalue weighted by Crippen LogP contribution is 2.27. The maximum Gasteiger partial charge on any atom is 0.319 e. The van der Waals surface area contributed by atoms with E-state index in [1.807, 2.05) is 11.9 Å². The molecule has 0 aliphatic rings. The fourth-order valence-corrected chi connectivity index (χ4v) is 2.29. The number of nitrogens with zero attached hydrogens (tertiary/aromatic N) is 1. The van der Waals surface area contributed by atoms with Crippen LogP contribution in [0.3, 0.4) is 0 Å². The lowest BCUT2D eigenvalue weighted by Gasteiger charge is -2.24. The molecule has 0 saturated heterocycles. The first-order valence-corrected chi connectivity index (χ1v) is 7.01. The van der Waals surface area contributed by atoms with E-state index in [9.17, 15) is 4.79 Å². The summed E-state index contributed by atoms with van der Waals surface area (Å²) in [4.78, 5) is 13.3. The van der Waals surface area contributed by atoms with Crippen molar-refractivity contribution >= 4 is 5.97 Å². The number of carbonyl (C=O) groups excluding carboxylic acids is 1. The van der Waals surface area contributed by atoms with E-state index in [4.69, 9.17) is 4.74 Å². The van der Waals surface area contributed by atoms with Crippen molar-refractivity contribution in [1.82, 2.24) is 4.90 Å². The molecule has 0 spiro atoms. The lowest BCUT2D eigenvalue weighted by Crippen LogP contribution is -2.27. The van der Waals surface area contributed by atoms with Crippen LogP contribution in [0.4, 0.5) is 0 Å². The zero-order valence-corrected chi connectivity index (χ0v) is 13.8. The van der Waals surface area contributed by atoms with E-state index in [-0.39, 0.29) is 11.4 Å². The van der Waals surface area contributed by atoms with E-state index in [2.05, 4.69) is 46.8 Å². The molecular weight excluding hydrogens is 250 g/mol. The Balaban J connectivity index is 2.95. The van der Waals surface area contributed by atoms with Gasteiger partial charge in [-0.1, -0.05) is 32.9 Å². The molecule has 0 atom stereocenters. The van der Waals surface area contributed by atoms with Gasteiger partial charge in [0.1, 0.15) is 0 Å². The number of esters is 1. The van der Waals surface area contributed by atoms with E-state index in [0.717, 1.165) is 6.54 Å². The zero-order valence-electron chi connectivity index (χ0n) is 13.8. The molecule has 0 radical (unpaired) electrons. The van der Waals surface area contributed by atoms with Gasteiger partial charge in [-0.25, -0.2) is 0 Å². The summed E-state index contributed by atoms with van der Waals surface area (Å²) in [6, 6.07) is 4.52. The van der Waals surface area contributed by atoms with Crippen LogP contribution < -0.4 is 0 Å². The summed E-state index contributed by atoms with van der Waals surface area (Å²) in [6.07, 6.45) is 0. The summed E-state index contributed by atoms with van der Waals surface area (Å²) in [5.41, 5.74) is 5.38. The van der Waals surface area contributed by atoms with Crippen molar-refractivity contribution in [2.24, 2.45) is 0 Å². The van der Waals surface area contributed by atoms with Crippen LogP contribution in [-0.2, 0) is 21.5 Å². The van der Waals surface area contributed by atoms with Crippen LogP contribution in [0.25, 0.3) is 0 Å². The van der Waals surface area contributed by atoms with E-state index in [1.54, 1.807) is 0 Å². The summed E-state index contributed by atoms with van der Waals surface area (Å²) < 4.78 is 4.70. The third kappa shape index (κ3) is 4.34. The van der Waals surface area contributed by atoms with Crippen LogP contribution in [0, 0.1) is 13.8 Å². The molecule has 0 unspecified atom stereocenters. The van der Waals surface area contributed by atoms with Gasteiger partial charge < -0.3 is 4.74 Å². The summed E-state index contributed by atoms with van der Waals surface area (Å²) in [7, 11) is 3.36. The smallest absolute Gasteiger partial charge is 0.319 e. The minimum atomic E-state index is -0.200. The van der Waals surface area contributed by atoms with Crippen molar-refractivity contribution in [3.8, 4) is 0 Å². The normalized spacial score (nSPS) is 11.8. The van der Waals surface area contributed by atoms with Crippen LogP contribution in [-0.4, -0.2) is 31.6 Å². The Morgan fingerprint density at radius 3 is 2.10 bits per heavy atom. The fraction of sp³-hybridized carbons (Fsp3) is 0.588. The topological polar surface area (TPSA) is 29.5 Å². The van der Waals surface area contributed by atoms with Crippen molar-refractivity contribution in [3.05, 3.63) is 34.4 Å².